The van der Waals surface area contributed by atoms with Gasteiger partial charge in [0.25, 0.3) is 0 Å². The van der Waals surface area contributed by atoms with Crippen molar-refractivity contribution in [3.63, 3.8) is 0 Å². The zero-order valence-electron chi connectivity index (χ0n) is 11.4. The van der Waals surface area contributed by atoms with Gasteiger partial charge >= 0.3 is 0 Å². The number of hydrogen-bond donors (Lipinski definition) is 2. The van der Waals surface area contributed by atoms with Crippen LogP contribution in [-0.4, -0.2) is 33.8 Å². The molecule has 1 amide bonds. The minimum absolute atomic E-state index is 0.0279. The zero-order valence-corrected chi connectivity index (χ0v) is 12.2. The molecule has 7 heteroatoms. The van der Waals surface area contributed by atoms with E-state index in [1.54, 1.807) is 23.1 Å². The first kappa shape index (κ1) is 14.0. The van der Waals surface area contributed by atoms with Crippen LogP contribution in [-0.2, 0) is 4.79 Å². The molecule has 0 bridgehead atoms. The van der Waals surface area contributed by atoms with Crippen molar-refractivity contribution >= 4 is 23.2 Å². The van der Waals surface area contributed by atoms with Gasteiger partial charge < -0.3 is 10.6 Å². The largest absolute Gasteiger partial charge is 0.324 e. The molecule has 0 atom stereocenters. The summed E-state index contributed by atoms with van der Waals surface area (Å²) in [7, 11) is 0. The van der Waals surface area contributed by atoms with E-state index in [-0.39, 0.29) is 11.8 Å². The van der Waals surface area contributed by atoms with Crippen LogP contribution >= 0.6 is 11.6 Å². The minimum Gasteiger partial charge on any atom is -0.324 e. The van der Waals surface area contributed by atoms with Crippen LogP contribution in [0.2, 0.25) is 5.02 Å². The third-order valence-electron chi connectivity index (χ3n) is 3.60. The summed E-state index contributed by atoms with van der Waals surface area (Å²) >= 11 is 6.24. The first-order valence-electron chi connectivity index (χ1n) is 6.91. The predicted molar refractivity (Wildman–Crippen MR) is 80.6 cm³/mol. The Balaban J connectivity index is 1.85. The Labute approximate surface area is 127 Å². The molecular formula is C14H16ClN5O. The van der Waals surface area contributed by atoms with Gasteiger partial charge in [-0.3, -0.25) is 4.79 Å². The highest BCUT2D eigenvalue weighted by molar-refractivity contribution is 6.33. The fourth-order valence-electron chi connectivity index (χ4n) is 2.49. The summed E-state index contributed by atoms with van der Waals surface area (Å²) in [5, 5.41) is 10.8. The Morgan fingerprint density at radius 2 is 2.19 bits per heavy atom. The van der Waals surface area contributed by atoms with Crippen molar-refractivity contribution in [2.45, 2.75) is 12.8 Å². The molecule has 2 heterocycles. The molecule has 0 saturated carbocycles. The zero-order chi connectivity index (χ0) is 14.7. The van der Waals surface area contributed by atoms with Gasteiger partial charge in [-0.2, -0.15) is 5.10 Å². The number of aromatic nitrogens is 3. The van der Waals surface area contributed by atoms with Gasteiger partial charge in [0.15, 0.2) is 0 Å². The Hall–Kier alpha value is -1.92. The number of rotatable bonds is 3. The van der Waals surface area contributed by atoms with E-state index in [0.29, 0.717) is 16.4 Å². The van der Waals surface area contributed by atoms with Crippen LogP contribution < -0.4 is 10.6 Å². The van der Waals surface area contributed by atoms with E-state index in [9.17, 15) is 4.79 Å². The fraction of sp³-hybridized carbons (Fsp3) is 0.357. The number of hydrogen-bond acceptors (Lipinski definition) is 4. The van der Waals surface area contributed by atoms with Crippen LogP contribution in [0.3, 0.4) is 0 Å². The van der Waals surface area contributed by atoms with Gasteiger partial charge in [-0.1, -0.05) is 17.7 Å². The summed E-state index contributed by atoms with van der Waals surface area (Å²) in [6.07, 6.45) is 4.69. The molecule has 0 radical (unpaired) electrons. The number of anilines is 1. The smallest absolute Gasteiger partial charge is 0.227 e. The van der Waals surface area contributed by atoms with E-state index < -0.39 is 0 Å². The molecule has 1 aromatic heterocycles. The third-order valence-corrected chi connectivity index (χ3v) is 3.91. The monoisotopic (exact) mass is 305 g/mol. The SMILES string of the molecule is O=C(Nc1cccc(Cl)c1-n1cncn1)C1CCNCC1. The molecule has 1 saturated heterocycles. The minimum atomic E-state index is 0.0279. The van der Waals surface area contributed by atoms with Crippen LogP contribution in [0.15, 0.2) is 30.9 Å². The normalized spacial score (nSPS) is 15.9. The molecule has 3 rings (SSSR count). The van der Waals surface area contributed by atoms with E-state index in [1.807, 2.05) is 6.07 Å². The molecule has 1 aromatic carbocycles. The molecule has 21 heavy (non-hydrogen) atoms. The lowest BCUT2D eigenvalue weighted by molar-refractivity contribution is -0.120. The summed E-state index contributed by atoms with van der Waals surface area (Å²) in [4.78, 5) is 16.3. The number of nitrogens with one attached hydrogen (secondary N) is 2. The second-order valence-corrected chi connectivity index (χ2v) is 5.40. The number of halogens is 1. The highest BCUT2D eigenvalue weighted by Gasteiger charge is 2.22. The van der Waals surface area contributed by atoms with Gasteiger partial charge in [-0.05, 0) is 38.1 Å². The number of nitrogens with zero attached hydrogens (tertiary/aromatic N) is 3. The Morgan fingerprint density at radius 1 is 1.38 bits per heavy atom. The maximum atomic E-state index is 12.4. The highest BCUT2D eigenvalue weighted by Crippen LogP contribution is 2.28. The maximum Gasteiger partial charge on any atom is 0.227 e. The number of amides is 1. The maximum absolute atomic E-state index is 12.4. The summed E-state index contributed by atoms with van der Waals surface area (Å²) < 4.78 is 1.56. The number of carbonyl (C=O) groups is 1. The molecule has 2 aromatic rings. The van der Waals surface area contributed by atoms with Gasteiger partial charge in [-0.25, -0.2) is 9.67 Å². The van der Waals surface area contributed by atoms with Gasteiger partial charge in [0.1, 0.15) is 18.3 Å². The van der Waals surface area contributed by atoms with E-state index in [1.165, 1.54) is 6.33 Å². The second kappa shape index (κ2) is 6.24. The van der Waals surface area contributed by atoms with E-state index >= 15 is 0 Å². The molecule has 1 aliphatic heterocycles. The topological polar surface area (TPSA) is 71.8 Å². The third kappa shape index (κ3) is 3.06. The number of piperidine rings is 1. The quantitative estimate of drug-likeness (QED) is 0.908. The van der Waals surface area contributed by atoms with Crippen molar-refractivity contribution in [1.29, 1.82) is 0 Å². The molecule has 0 aliphatic carbocycles. The average Bonchev–Trinajstić information content (AvgIpc) is 3.02. The van der Waals surface area contributed by atoms with E-state index in [2.05, 4.69) is 20.7 Å². The average molecular weight is 306 g/mol. The van der Waals surface area contributed by atoms with Crippen molar-refractivity contribution in [3.8, 4) is 5.69 Å². The van der Waals surface area contributed by atoms with Crippen molar-refractivity contribution < 1.29 is 4.79 Å². The lowest BCUT2D eigenvalue weighted by Crippen LogP contribution is -2.34. The number of carbonyl (C=O) groups excluding carboxylic acids is 1. The van der Waals surface area contributed by atoms with Crippen LogP contribution in [0.5, 0.6) is 0 Å². The summed E-state index contributed by atoms with van der Waals surface area (Å²) in [5.41, 5.74) is 1.29. The van der Waals surface area contributed by atoms with Crippen molar-refractivity contribution in [2.24, 2.45) is 5.92 Å². The summed E-state index contributed by atoms with van der Waals surface area (Å²) in [5.74, 6) is 0.0639. The molecule has 0 unspecified atom stereocenters. The van der Waals surface area contributed by atoms with Crippen LogP contribution in [0.25, 0.3) is 5.69 Å². The van der Waals surface area contributed by atoms with Crippen molar-refractivity contribution in [2.75, 3.05) is 18.4 Å². The van der Waals surface area contributed by atoms with Crippen LogP contribution in [0, 0.1) is 5.92 Å². The van der Waals surface area contributed by atoms with Gasteiger partial charge in [0, 0.05) is 5.92 Å². The molecule has 1 aliphatic rings. The number of para-hydroxylation sites is 1. The molecule has 2 N–H and O–H groups in total. The summed E-state index contributed by atoms with van der Waals surface area (Å²) in [6.45, 7) is 1.76. The van der Waals surface area contributed by atoms with Crippen LogP contribution in [0.4, 0.5) is 5.69 Å². The van der Waals surface area contributed by atoms with Gasteiger partial charge in [0.2, 0.25) is 5.91 Å². The van der Waals surface area contributed by atoms with Gasteiger partial charge in [0.05, 0.1) is 10.7 Å². The van der Waals surface area contributed by atoms with Crippen LogP contribution in [0.1, 0.15) is 12.8 Å². The lowest BCUT2D eigenvalue weighted by Gasteiger charge is -2.22. The second-order valence-electron chi connectivity index (χ2n) is 4.99. The van der Waals surface area contributed by atoms with Crippen molar-refractivity contribution in [1.82, 2.24) is 20.1 Å². The number of benzene rings is 1. The Morgan fingerprint density at radius 3 is 2.90 bits per heavy atom. The molecule has 0 spiro atoms. The Bertz CT molecular complexity index is 622. The molecule has 110 valence electrons. The van der Waals surface area contributed by atoms with Crippen molar-refractivity contribution in [3.05, 3.63) is 35.9 Å². The van der Waals surface area contributed by atoms with E-state index in [4.69, 9.17) is 11.6 Å². The molecule has 1 fully saturated rings. The first-order chi connectivity index (χ1) is 10.3. The summed E-state index contributed by atoms with van der Waals surface area (Å²) in [6, 6.07) is 5.39. The lowest BCUT2D eigenvalue weighted by atomic mass is 9.97. The fourth-order valence-corrected chi connectivity index (χ4v) is 2.75. The van der Waals surface area contributed by atoms with Gasteiger partial charge in [-0.15, -0.1) is 0 Å². The molecular weight excluding hydrogens is 290 g/mol. The highest BCUT2D eigenvalue weighted by atomic mass is 35.5. The van der Waals surface area contributed by atoms with E-state index in [0.717, 1.165) is 25.9 Å². The first-order valence-corrected chi connectivity index (χ1v) is 7.28. The predicted octanol–water partition coefficient (Wildman–Crippen LogP) is 1.86. The Kier molecular flexibility index (Phi) is 4.17. The molecule has 6 nitrogen and oxygen atoms in total. The standard InChI is InChI=1S/C14H16ClN5O/c15-11-2-1-3-12(13(11)20-9-17-8-18-20)19-14(21)10-4-6-16-7-5-10/h1-3,8-10,16H,4-7H2,(H,19,21).